The molecule has 0 radical (unpaired) electrons. The third-order valence-electron chi connectivity index (χ3n) is 4.69. The summed E-state index contributed by atoms with van der Waals surface area (Å²) >= 11 is 0. The lowest BCUT2D eigenvalue weighted by molar-refractivity contribution is -0.903. The second-order valence-corrected chi connectivity index (χ2v) is 6.38. The number of carbonyl (C=O) groups is 1. The van der Waals surface area contributed by atoms with Crippen LogP contribution in [-0.2, 0) is 6.42 Å². The highest BCUT2D eigenvalue weighted by atomic mass is 16.5. The van der Waals surface area contributed by atoms with Gasteiger partial charge in [-0.05, 0) is 17.7 Å². The smallest absolute Gasteiger partial charge is 0.322 e. The molecule has 0 unspecified atom stereocenters. The van der Waals surface area contributed by atoms with Gasteiger partial charge < -0.3 is 19.9 Å². The van der Waals surface area contributed by atoms with Gasteiger partial charge in [0.2, 0.25) is 0 Å². The lowest BCUT2D eigenvalue weighted by Crippen LogP contribution is -3.15. The van der Waals surface area contributed by atoms with Crippen molar-refractivity contribution < 1.29 is 14.4 Å². The topological polar surface area (TPSA) is 46.0 Å². The van der Waals surface area contributed by atoms with Crippen molar-refractivity contribution in [2.75, 3.05) is 45.2 Å². The highest BCUT2D eigenvalue weighted by Crippen LogP contribution is 2.17. The number of anilines is 1. The largest absolute Gasteiger partial charge is 0.497 e. The average molecular weight is 340 g/mol. The number of hydrogen-bond acceptors (Lipinski definition) is 2. The van der Waals surface area contributed by atoms with Gasteiger partial charge in [-0.25, -0.2) is 4.79 Å². The third kappa shape index (κ3) is 4.97. The lowest BCUT2D eigenvalue weighted by Gasteiger charge is -2.32. The molecule has 25 heavy (non-hydrogen) atoms. The van der Waals surface area contributed by atoms with Crippen LogP contribution in [0.5, 0.6) is 5.75 Å². The fourth-order valence-electron chi connectivity index (χ4n) is 3.15. The van der Waals surface area contributed by atoms with E-state index >= 15 is 0 Å². The van der Waals surface area contributed by atoms with Gasteiger partial charge in [-0.2, -0.15) is 0 Å². The van der Waals surface area contributed by atoms with Crippen molar-refractivity contribution in [3.05, 3.63) is 60.2 Å². The van der Waals surface area contributed by atoms with Crippen molar-refractivity contribution >= 4 is 11.7 Å². The molecule has 1 saturated heterocycles. The van der Waals surface area contributed by atoms with Gasteiger partial charge >= 0.3 is 6.03 Å². The summed E-state index contributed by atoms with van der Waals surface area (Å²) in [5.41, 5.74) is 2.15. The highest BCUT2D eigenvalue weighted by Gasteiger charge is 2.23. The summed E-state index contributed by atoms with van der Waals surface area (Å²) in [5, 5.41) is 2.96. The zero-order chi connectivity index (χ0) is 17.5. The Morgan fingerprint density at radius 2 is 1.88 bits per heavy atom. The van der Waals surface area contributed by atoms with Gasteiger partial charge in [0.05, 0.1) is 39.8 Å². The Labute approximate surface area is 149 Å². The van der Waals surface area contributed by atoms with Crippen molar-refractivity contribution in [3.63, 3.8) is 0 Å². The molecule has 5 heteroatoms. The summed E-state index contributed by atoms with van der Waals surface area (Å²) in [4.78, 5) is 15.9. The summed E-state index contributed by atoms with van der Waals surface area (Å²) in [7, 11) is 1.62. The van der Waals surface area contributed by atoms with Crippen LogP contribution < -0.4 is 15.0 Å². The van der Waals surface area contributed by atoms with Crippen LogP contribution in [0.1, 0.15) is 5.56 Å². The summed E-state index contributed by atoms with van der Waals surface area (Å²) in [6, 6.07) is 18.0. The first-order valence-corrected chi connectivity index (χ1v) is 8.82. The first-order valence-electron chi connectivity index (χ1n) is 8.82. The minimum atomic E-state index is -0.0321. The number of nitrogens with zero attached hydrogens (tertiary/aromatic N) is 1. The van der Waals surface area contributed by atoms with Crippen LogP contribution in [0, 0.1) is 0 Å². The molecule has 1 fully saturated rings. The molecule has 0 aromatic heterocycles. The maximum Gasteiger partial charge on any atom is 0.322 e. The number of benzene rings is 2. The molecule has 0 bridgehead atoms. The molecule has 2 N–H and O–H groups in total. The van der Waals surface area contributed by atoms with E-state index in [1.54, 1.807) is 12.0 Å². The van der Waals surface area contributed by atoms with E-state index in [2.05, 4.69) is 35.6 Å². The van der Waals surface area contributed by atoms with Gasteiger partial charge in [-0.3, -0.25) is 0 Å². The Morgan fingerprint density at radius 3 is 2.60 bits per heavy atom. The first-order chi connectivity index (χ1) is 12.2. The average Bonchev–Trinajstić information content (AvgIpc) is 2.67. The zero-order valence-electron chi connectivity index (χ0n) is 14.7. The van der Waals surface area contributed by atoms with Gasteiger partial charge in [-0.15, -0.1) is 0 Å². The van der Waals surface area contributed by atoms with Crippen LogP contribution in [0.15, 0.2) is 54.6 Å². The number of piperazine rings is 1. The molecular weight excluding hydrogens is 314 g/mol. The fourth-order valence-corrected chi connectivity index (χ4v) is 3.15. The number of rotatable bonds is 5. The van der Waals surface area contributed by atoms with Crippen molar-refractivity contribution in [2.45, 2.75) is 6.42 Å². The molecule has 0 aliphatic carbocycles. The van der Waals surface area contributed by atoms with Crippen molar-refractivity contribution in [1.29, 1.82) is 0 Å². The lowest BCUT2D eigenvalue weighted by atomic mass is 10.1. The van der Waals surface area contributed by atoms with Gasteiger partial charge in [-0.1, -0.05) is 36.4 Å². The first kappa shape index (κ1) is 17.3. The monoisotopic (exact) mass is 340 g/mol. The molecule has 3 rings (SSSR count). The molecule has 0 saturated carbocycles. The van der Waals surface area contributed by atoms with E-state index in [4.69, 9.17) is 4.74 Å². The summed E-state index contributed by atoms with van der Waals surface area (Å²) in [5.74, 6) is 0.743. The van der Waals surface area contributed by atoms with E-state index in [0.717, 1.165) is 50.6 Å². The van der Waals surface area contributed by atoms with Crippen LogP contribution in [0.25, 0.3) is 0 Å². The molecule has 1 heterocycles. The predicted octanol–water partition coefficient (Wildman–Crippen LogP) is 1.67. The van der Waals surface area contributed by atoms with Gasteiger partial charge in [0, 0.05) is 18.2 Å². The van der Waals surface area contributed by atoms with Crippen LogP contribution in [0.2, 0.25) is 0 Å². The fraction of sp³-hybridized carbons (Fsp3) is 0.350. The maximum atomic E-state index is 12.4. The van der Waals surface area contributed by atoms with Crippen LogP contribution in [0.3, 0.4) is 0 Å². The molecule has 0 atom stereocenters. The molecular formula is C20H26N3O2+. The molecule has 2 aromatic rings. The summed E-state index contributed by atoms with van der Waals surface area (Å²) < 4.78 is 5.19. The van der Waals surface area contributed by atoms with Crippen molar-refractivity contribution in [2.24, 2.45) is 0 Å². The van der Waals surface area contributed by atoms with Crippen LogP contribution in [-0.4, -0.2) is 50.8 Å². The second-order valence-electron chi connectivity index (χ2n) is 6.38. The number of carbonyl (C=O) groups excluding carboxylic acids is 1. The predicted molar refractivity (Wildman–Crippen MR) is 99.3 cm³/mol. The van der Waals surface area contributed by atoms with E-state index in [-0.39, 0.29) is 6.03 Å². The number of ether oxygens (including phenoxy) is 1. The quantitative estimate of drug-likeness (QED) is 0.870. The molecule has 1 aliphatic heterocycles. The second kappa shape index (κ2) is 8.53. The van der Waals surface area contributed by atoms with E-state index in [0.29, 0.717) is 0 Å². The maximum absolute atomic E-state index is 12.4. The van der Waals surface area contributed by atoms with Gasteiger partial charge in [0.25, 0.3) is 0 Å². The van der Waals surface area contributed by atoms with Crippen molar-refractivity contribution in [3.8, 4) is 5.75 Å². The summed E-state index contributed by atoms with van der Waals surface area (Å²) in [6.45, 7) is 4.70. The molecule has 2 amide bonds. The standard InChI is InChI=1S/C20H25N3O2/c1-25-19-9-5-8-18(16-19)21-20(24)23-14-12-22(13-15-23)11-10-17-6-3-2-4-7-17/h2-9,16H,10-15H2,1H3,(H,21,24)/p+1. The molecule has 5 nitrogen and oxygen atoms in total. The molecule has 0 spiro atoms. The molecule has 132 valence electrons. The Balaban J connectivity index is 1.44. The SMILES string of the molecule is COc1cccc(NC(=O)N2CC[NH+](CCc3ccccc3)CC2)c1. The van der Waals surface area contributed by atoms with Crippen LogP contribution in [0.4, 0.5) is 10.5 Å². The number of nitrogens with one attached hydrogen (secondary N) is 2. The normalized spacial score (nSPS) is 15.0. The van der Waals surface area contributed by atoms with Crippen molar-refractivity contribution in [1.82, 2.24) is 4.90 Å². The number of urea groups is 1. The Kier molecular flexibility index (Phi) is 5.90. The van der Waals surface area contributed by atoms with E-state index in [1.807, 2.05) is 29.2 Å². The zero-order valence-corrected chi connectivity index (χ0v) is 14.7. The minimum Gasteiger partial charge on any atom is -0.497 e. The number of hydrogen-bond donors (Lipinski definition) is 2. The third-order valence-corrected chi connectivity index (χ3v) is 4.69. The van der Waals surface area contributed by atoms with E-state index in [1.165, 1.54) is 5.56 Å². The van der Waals surface area contributed by atoms with Gasteiger partial charge in [0.1, 0.15) is 5.75 Å². The van der Waals surface area contributed by atoms with E-state index < -0.39 is 0 Å². The Bertz CT molecular complexity index is 682. The van der Waals surface area contributed by atoms with Gasteiger partial charge in [0.15, 0.2) is 0 Å². The number of amides is 2. The Morgan fingerprint density at radius 1 is 1.12 bits per heavy atom. The molecule has 2 aromatic carbocycles. The van der Waals surface area contributed by atoms with Crippen LogP contribution >= 0.6 is 0 Å². The Hall–Kier alpha value is -2.53. The molecule has 1 aliphatic rings. The summed E-state index contributed by atoms with van der Waals surface area (Å²) in [6.07, 6.45) is 1.09. The minimum absolute atomic E-state index is 0.0321. The highest BCUT2D eigenvalue weighted by molar-refractivity contribution is 5.89. The van der Waals surface area contributed by atoms with E-state index in [9.17, 15) is 4.79 Å². The number of quaternary nitrogens is 1. The number of methoxy groups -OCH3 is 1.